The van der Waals surface area contributed by atoms with Gasteiger partial charge in [0.2, 0.25) is 5.91 Å². The lowest BCUT2D eigenvalue weighted by atomic mass is 10.2. The molecule has 0 bridgehead atoms. The Morgan fingerprint density at radius 3 is 2.46 bits per heavy atom. The molecule has 0 aromatic heterocycles. The van der Waals surface area contributed by atoms with Crippen molar-refractivity contribution in [1.29, 1.82) is 5.26 Å². The van der Waals surface area contributed by atoms with Gasteiger partial charge in [-0.2, -0.15) is 18.4 Å². The monoisotopic (exact) mass is 195 g/mol. The van der Waals surface area contributed by atoms with Gasteiger partial charge in [-0.15, -0.1) is 0 Å². The molecule has 13 heavy (non-hydrogen) atoms. The fourth-order valence-electron chi connectivity index (χ4n) is 0.604. The Morgan fingerprint density at radius 1 is 1.62 bits per heavy atom. The van der Waals surface area contributed by atoms with Crippen LogP contribution >= 0.6 is 0 Å². The van der Waals surface area contributed by atoms with Crippen LogP contribution in [0.25, 0.3) is 0 Å². The van der Waals surface area contributed by atoms with Gasteiger partial charge in [-0.25, -0.2) is 0 Å². The summed E-state index contributed by atoms with van der Waals surface area (Å²) in [7, 11) is 0. The van der Waals surface area contributed by atoms with Crippen molar-refractivity contribution in [2.24, 2.45) is 5.73 Å². The second-order valence-corrected chi connectivity index (χ2v) is 2.35. The fraction of sp³-hybridized carbons (Fsp3) is 0.667. The minimum Gasteiger partial charge on any atom is -0.370 e. The van der Waals surface area contributed by atoms with Crippen LogP contribution in [0.1, 0.15) is 6.42 Å². The largest absolute Gasteiger partial charge is 0.401 e. The molecule has 1 atom stereocenters. The van der Waals surface area contributed by atoms with Gasteiger partial charge in [0.1, 0.15) is 6.04 Å². The molecule has 1 amide bonds. The Kier molecular flexibility index (Phi) is 4.20. The second kappa shape index (κ2) is 4.67. The van der Waals surface area contributed by atoms with Crippen molar-refractivity contribution in [3.8, 4) is 6.07 Å². The van der Waals surface area contributed by atoms with Crippen molar-refractivity contribution in [1.82, 2.24) is 5.32 Å². The number of alkyl halides is 3. The van der Waals surface area contributed by atoms with Gasteiger partial charge in [-0.3, -0.25) is 10.1 Å². The van der Waals surface area contributed by atoms with Crippen molar-refractivity contribution in [2.45, 2.75) is 18.6 Å². The maximum Gasteiger partial charge on any atom is 0.401 e. The highest BCUT2D eigenvalue weighted by atomic mass is 19.4. The van der Waals surface area contributed by atoms with Gasteiger partial charge in [0, 0.05) is 0 Å². The van der Waals surface area contributed by atoms with Gasteiger partial charge in [0.15, 0.2) is 0 Å². The third-order valence-electron chi connectivity index (χ3n) is 1.11. The summed E-state index contributed by atoms with van der Waals surface area (Å²) in [5, 5.41) is 10.1. The van der Waals surface area contributed by atoms with E-state index in [9.17, 15) is 18.0 Å². The lowest BCUT2D eigenvalue weighted by Crippen LogP contribution is -2.38. The number of amides is 1. The number of hydrogen-bond acceptors (Lipinski definition) is 3. The van der Waals surface area contributed by atoms with Gasteiger partial charge in [0.05, 0.1) is 19.0 Å². The SMILES string of the molecule is N#CC(CC(N)=O)NCC(F)(F)F. The van der Waals surface area contributed by atoms with Gasteiger partial charge in [0.25, 0.3) is 0 Å². The van der Waals surface area contributed by atoms with E-state index in [0.29, 0.717) is 0 Å². The highest BCUT2D eigenvalue weighted by Gasteiger charge is 2.28. The smallest absolute Gasteiger partial charge is 0.370 e. The number of carbonyl (C=O) groups excluding carboxylic acids is 1. The number of halogens is 3. The van der Waals surface area contributed by atoms with Gasteiger partial charge < -0.3 is 5.73 Å². The molecule has 74 valence electrons. The van der Waals surface area contributed by atoms with Crippen LogP contribution < -0.4 is 11.1 Å². The average molecular weight is 195 g/mol. The molecule has 0 heterocycles. The first-order valence-electron chi connectivity index (χ1n) is 3.33. The number of carbonyl (C=O) groups is 1. The van der Waals surface area contributed by atoms with Crippen molar-refractivity contribution in [3.05, 3.63) is 0 Å². The van der Waals surface area contributed by atoms with Gasteiger partial charge >= 0.3 is 6.18 Å². The highest BCUT2D eigenvalue weighted by Crippen LogP contribution is 2.12. The Morgan fingerprint density at radius 2 is 2.15 bits per heavy atom. The molecule has 7 heteroatoms. The van der Waals surface area contributed by atoms with Crippen molar-refractivity contribution in [2.75, 3.05) is 6.54 Å². The molecule has 0 fully saturated rings. The number of nitrogens with two attached hydrogens (primary N) is 1. The normalized spacial score (nSPS) is 13.4. The molecule has 0 aromatic carbocycles. The van der Waals surface area contributed by atoms with E-state index in [2.05, 4.69) is 0 Å². The highest BCUT2D eigenvalue weighted by molar-refractivity contribution is 5.74. The van der Waals surface area contributed by atoms with Crippen LogP contribution in [0.3, 0.4) is 0 Å². The summed E-state index contributed by atoms with van der Waals surface area (Å²) in [6.45, 7) is -1.31. The van der Waals surface area contributed by atoms with Crippen LogP contribution in [0.2, 0.25) is 0 Å². The van der Waals surface area contributed by atoms with Crippen molar-refractivity contribution >= 4 is 5.91 Å². The summed E-state index contributed by atoms with van der Waals surface area (Å²) in [6.07, 6.45) is -4.82. The minimum absolute atomic E-state index is 0.424. The maximum absolute atomic E-state index is 11.6. The fourth-order valence-corrected chi connectivity index (χ4v) is 0.604. The molecular weight excluding hydrogens is 187 g/mol. The number of rotatable bonds is 4. The minimum atomic E-state index is -4.40. The lowest BCUT2D eigenvalue weighted by molar-refractivity contribution is -0.127. The molecule has 0 radical (unpaired) electrons. The Bertz CT molecular complexity index is 220. The topological polar surface area (TPSA) is 78.9 Å². The second-order valence-electron chi connectivity index (χ2n) is 2.35. The Balaban J connectivity index is 3.88. The van der Waals surface area contributed by atoms with Gasteiger partial charge in [-0.1, -0.05) is 0 Å². The summed E-state index contributed by atoms with van der Waals surface area (Å²) in [5.41, 5.74) is 4.70. The maximum atomic E-state index is 11.6. The van der Waals surface area contributed by atoms with E-state index in [4.69, 9.17) is 11.0 Å². The summed E-state index contributed by atoms with van der Waals surface area (Å²) < 4.78 is 34.8. The van der Waals surface area contributed by atoms with Crippen LogP contribution in [-0.2, 0) is 4.79 Å². The number of nitriles is 1. The lowest BCUT2D eigenvalue weighted by Gasteiger charge is -2.11. The van der Waals surface area contributed by atoms with Gasteiger partial charge in [-0.05, 0) is 0 Å². The molecule has 4 nitrogen and oxygen atoms in total. The zero-order chi connectivity index (χ0) is 10.5. The Hall–Kier alpha value is -1.29. The van der Waals surface area contributed by atoms with Crippen LogP contribution in [0.15, 0.2) is 0 Å². The van der Waals surface area contributed by atoms with Crippen molar-refractivity contribution in [3.63, 3.8) is 0 Å². The standard InChI is InChI=1S/C6H8F3N3O/c7-6(8,9)3-12-4(2-10)1-5(11)13/h4,12H,1,3H2,(H2,11,13). The number of nitrogens with one attached hydrogen (secondary N) is 1. The van der Waals surface area contributed by atoms with Crippen molar-refractivity contribution < 1.29 is 18.0 Å². The number of primary amides is 1. The molecule has 0 aliphatic rings. The van der Waals surface area contributed by atoms with Crippen LogP contribution in [0.4, 0.5) is 13.2 Å². The molecule has 0 aliphatic carbocycles. The van der Waals surface area contributed by atoms with Crippen LogP contribution in [0, 0.1) is 11.3 Å². The predicted molar refractivity (Wildman–Crippen MR) is 37.3 cm³/mol. The van der Waals surface area contributed by atoms with E-state index in [0.717, 1.165) is 0 Å². The molecule has 1 unspecified atom stereocenters. The molecule has 0 spiro atoms. The first-order chi connectivity index (χ1) is 5.85. The third kappa shape index (κ3) is 7.08. The number of hydrogen-bond donors (Lipinski definition) is 2. The number of nitrogens with zero attached hydrogens (tertiary/aromatic N) is 1. The predicted octanol–water partition coefficient (Wildman–Crippen LogP) is -0.0941. The molecule has 0 saturated carbocycles. The van der Waals surface area contributed by atoms with E-state index < -0.39 is 31.1 Å². The van der Waals surface area contributed by atoms with E-state index in [1.165, 1.54) is 6.07 Å². The first-order valence-corrected chi connectivity index (χ1v) is 3.33. The third-order valence-corrected chi connectivity index (χ3v) is 1.11. The zero-order valence-electron chi connectivity index (χ0n) is 6.56. The molecular formula is C6H8F3N3O. The summed E-state index contributed by atoms with van der Waals surface area (Å²) >= 11 is 0. The summed E-state index contributed by atoms with van der Waals surface area (Å²) in [5.74, 6) is -0.818. The van der Waals surface area contributed by atoms with Crippen LogP contribution in [0.5, 0.6) is 0 Å². The molecule has 0 aliphatic heterocycles. The van der Waals surface area contributed by atoms with E-state index >= 15 is 0 Å². The summed E-state index contributed by atoms with van der Waals surface area (Å²) in [4.78, 5) is 10.2. The van der Waals surface area contributed by atoms with Crippen LogP contribution in [-0.4, -0.2) is 24.7 Å². The Labute approximate surface area is 72.5 Å². The van der Waals surface area contributed by atoms with E-state index in [-0.39, 0.29) is 0 Å². The summed E-state index contributed by atoms with van der Waals surface area (Å²) in [6, 6.07) is 0.313. The quantitative estimate of drug-likeness (QED) is 0.657. The molecule has 0 aromatic rings. The average Bonchev–Trinajstić information content (AvgIpc) is 1.95. The molecule has 3 N–H and O–H groups in total. The van der Waals surface area contributed by atoms with E-state index in [1.54, 1.807) is 0 Å². The first kappa shape index (κ1) is 11.7. The van der Waals surface area contributed by atoms with E-state index in [1.807, 2.05) is 5.32 Å². The molecule has 0 saturated heterocycles. The molecule has 0 rings (SSSR count). The zero-order valence-corrected chi connectivity index (χ0v) is 6.56.